The van der Waals surface area contributed by atoms with E-state index >= 15 is 0 Å². The van der Waals surface area contributed by atoms with Gasteiger partial charge in [0.25, 0.3) is 0 Å². The molecule has 0 aromatic rings. The SMILES string of the molecule is CC1(C)C(=O)C2(C(=O)[O-])CCC1C2.[K+]. The fourth-order valence-electron chi connectivity index (χ4n) is 2.95. The van der Waals surface area contributed by atoms with Gasteiger partial charge in [-0.3, -0.25) is 4.79 Å². The van der Waals surface area contributed by atoms with Crippen LogP contribution in [0.4, 0.5) is 0 Å². The van der Waals surface area contributed by atoms with Crippen molar-refractivity contribution in [1.82, 2.24) is 0 Å². The number of ketones is 1. The molecule has 0 heterocycles. The molecule has 4 heteroatoms. The van der Waals surface area contributed by atoms with Crippen LogP contribution in [0.15, 0.2) is 0 Å². The van der Waals surface area contributed by atoms with Crippen LogP contribution in [0.25, 0.3) is 0 Å². The number of Topliss-reactive ketones (excluding diaryl/α,β-unsaturated/α-hetero) is 1. The fraction of sp³-hybridized carbons (Fsp3) is 0.800. The summed E-state index contributed by atoms with van der Waals surface area (Å²) < 4.78 is 0. The average molecular weight is 220 g/mol. The van der Waals surface area contributed by atoms with Gasteiger partial charge in [-0.25, -0.2) is 0 Å². The van der Waals surface area contributed by atoms with Crippen LogP contribution in [0.2, 0.25) is 0 Å². The first-order valence-corrected chi connectivity index (χ1v) is 4.67. The molecule has 2 aliphatic rings. The normalized spacial score (nSPS) is 38.1. The molecule has 0 saturated heterocycles. The minimum absolute atomic E-state index is 0. The molecule has 0 spiro atoms. The van der Waals surface area contributed by atoms with E-state index in [1.165, 1.54) is 0 Å². The molecule has 0 N–H and O–H groups in total. The van der Waals surface area contributed by atoms with Gasteiger partial charge in [0.1, 0.15) is 5.78 Å². The summed E-state index contributed by atoms with van der Waals surface area (Å²) in [6.45, 7) is 3.70. The molecule has 3 nitrogen and oxygen atoms in total. The number of carboxylic acids is 1. The summed E-state index contributed by atoms with van der Waals surface area (Å²) in [5, 5.41) is 10.9. The number of carbonyl (C=O) groups is 2. The number of aliphatic carboxylic acids is 1. The quantitative estimate of drug-likeness (QED) is 0.353. The monoisotopic (exact) mass is 220 g/mol. The van der Waals surface area contributed by atoms with Crippen LogP contribution >= 0.6 is 0 Å². The summed E-state index contributed by atoms with van der Waals surface area (Å²) in [5.74, 6) is -1.03. The number of carboxylic acid groups (broad SMARTS) is 1. The number of fused-ring (bicyclic) bond motifs is 2. The molecule has 2 atom stereocenters. The largest absolute Gasteiger partial charge is 1.00 e. The van der Waals surface area contributed by atoms with Crippen molar-refractivity contribution in [3.05, 3.63) is 0 Å². The zero-order valence-electron chi connectivity index (χ0n) is 8.92. The molecular weight excluding hydrogens is 207 g/mol. The number of hydrogen-bond donors (Lipinski definition) is 0. The van der Waals surface area contributed by atoms with Gasteiger partial charge in [0.2, 0.25) is 0 Å². The van der Waals surface area contributed by atoms with E-state index in [1.807, 2.05) is 13.8 Å². The number of carbonyl (C=O) groups excluding carboxylic acids is 2. The van der Waals surface area contributed by atoms with E-state index in [-0.39, 0.29) is 63.1 Å². The van der Waals surface area contributed by atoms with Crippen LogP contribution in [0.3, 0.4) is 0 Å². The van der Waals surface area contributed by atoms with E-state index < -0.39 is 16.8 Å². The Morgan fingerprint density at radius 1 is 1.50 bits per heavy atom. The van der Waals surface area contributed by atoms with E-state index in [9.17, 15) is 14.7 Å². The van der Waals surface area contributed by atoms with Crippen molar-refractivity contribution >= 4 is 11.8 Å². The molecule has 2 fully saturated rings. The van der Waals surface area contributed by atoms with Crippen molar-refractivity contribution in [3.8, 4) is 0 Å². The van der Waals surface area contributed by atoms with Gasteiger partial charge in [0.05, 0.1) is 11.4 Å². The Bertz CT molecular complexity index is 298. The molecule has 2 aliphatic carbocycles. The zero-order chi connectivity index (χ0) is 9.85. The van der Waals surface area contributed by atoms with Gasteiger partial charge < -0.3 is 9.90 Å². The Morgan fingerprint density at radius 2 is 2.07 bits per heavy atom. The summed E-state index contributed by atoms with van der Waals surface area (Å²) >= 11 is 0. The number of rotatable bonds is 1. The molecule has 0 aliphatic heterocycles. The molecule has 0 radical (unpaired) electrons. The average Bonchev–Trinajstić information content (AvgIpc) is 2.53. The predicted octanol–water partition coefficient (Wildman–Crippen LogP) is -2.86. The minimum Gasteiger partial charge on any atom is -0.549 e. The van der Waals surface area contributed by atoms with Gasteiger partial charge in [0, 0.05) is 5.41 Å². The Hall–Kier alpha value is 0.776. The smallest absolute Gasteiger partial charge is 0.549 e. The van der Waals surface area contributed by atoms with Gasteiger partial charge in [-0.05, 0) is 25.2 Å². The molecule has 2 bridgehead atoms. The van der Waals surface area contributed by atoms with Crippen molar-refractivity contribution in [3.63, 3.8) is 0 Å². The second-order valence-electron chi connectivity index (χ2n) is 4.86. The van der Waals surface area contributed by atoms with Crippen LogP contribution in [0.5, 0.6) is 0 Å². The van der Waals surface area contributed by atoms with Gasteiger partial charge in [0.15, 0.2) is 0 Å². The number of hydrogen-bond acceptors (Lipinski definition) is 3. The first-order valence-electron chi connectivity index (χ1n) is 4.67. The van der Waals surface area contributed by atoms with Crippen molar-refractivity contribution in [2.45, 2.75) is 33.1 Å². The van der Waals surface area contributed by atoms with Gasteiger partial charge in [-0.1, -0.05) is 13.8 Å². The van der Waals surface area contributed by atoms with Gasteiger partial charge >= 0.3 is 51.4 Å². The van der Waals surface area contributed by atoms with Crippen LogP contribution in [-0.2, 0) is 9.59 Å². The zero-order valence-corrected chi connectivity index (χ0v) is 12.0. The Morgan fingerprint density at radius 3 is 2.36 bits per heavy atom. The van der Waals surface area contributed by atoms with E-state index in [1.54, 1.807) is 0 Å². The first kappa shape index (κ1) is 12.8. The Labute approximate surface area is 126 Å². The maximum atomic E-state index is 11.8. The van der Waals surface area contributed by atoms with Crippen LogP contribution < -0.4 is 56.5 Å². The molecule has 72 valence electrons. The maximum absolute atomic E-state index is 11.8. The van der Waals surface area contributed by atoms with Crippen molar-refractivity contribution in [2.75, 3.05) is 0 Å². The Kier molecular flexibility index (Phi) is 3.36. The van der Waals surface area contributed by atoms with Crippen LogP contribution in [-0.4, -0.2) is 11.8 Å². The summed E-state index contributed by atoms with van der Waals surface area (Å²) in [6, 6.07) is 0. The molecule has 2 unspecified atom stereocenters. The summed E-state index contributed by atoms with van der Waals surface area (Å²) in [7, 11) is 0. The van der Waals surface area contributed by atoms with Gasteiger partial charge in [-0.2, -0.15) is 0 Å². The summed E-state index contributed by atoms with van der Waals surface area (Å²) in [6.07, 6.45) is 1.84. The predicted molar refractivity (Wildman–Crippen MR) is 43.6 cm³/mol. The summed E-state index contributed by atoms with van der Waals surface area (Å²) in [5.41, 5.74) is -1.58. The van der Waals surface area contributed by atoms with Gasteiger partial charge in [-0.15, -0.1) is 0 Å². The third-order valence-corrected chi connectivity index (χ3v) is 3.95. The topological polar surface area (TPSA) is 57.2 Å². The third-order valence-electron chi connectivity index (χ3n) is 3.95. The second kappa shape index (κ2) is 3.66. The third kappa shape index (κ3) is 1.38. The minimum atomic E-state index is -1.16. The Balaban J connectivity index is 0.000000980. The molecule has 0 aromatic heterocycles. The standard InChI is InChI=1S/C10H14O3.K/c1-9(2)6-3-4-10(5-6,7(9)11)8(12)13;/h6H,3-5H2,1-2H3,(H,12,13);/q;+1/p-1. The second-order valence-corrected chi connectivity index (χ2v) is 4.86. The molecule has 0 amide bonds. The van der Waals surface area contributed by atoms with Crippen molar-refractivity contribution < 1.29 is 66.1 Å². The van der Waals surface area contributed by atoms with Crippen molar-refractivity contribution in [1.29, 1.82) is 0 Å². The molecule has 2 saturated carbocycles. The molecule has 2 rings (SSSR count). The van der Waals surface area contributed by atoms with E-state index in [2.05, 4.69) is 0 Å². The van der Waals surface area contributed by atoms with Crippen LogP contribution in [0, 0.1) is 16.7 Å². The van der Waals surface area contributed by atoms with E-state index in [0.29, 0.717) is 12.8 Å². The maximum Gasteiger partial charge on any atom is 1.00 e. The molecule has 0 aromatic carbocycles. The summed E-state index contributed by atoms with van der Waals surface area (Å²) in [4.78, 5) is 22.8. The van der Waals surface area contributed by atoms with Crippen LogP contribution in [0.1, 0.15) is 33.1 Å². The van der Waals surface area contributed by atoms with E-state index in [0.717, 1.165) is 6.42 Å². The first-order chi connectivity index (χ1) is 5.91. The van der Waals surface area contributed by atoms with E-state index in [4.69, 9.17) is 0 Å². The fourth-order valence-corrected chi connectivity index (χ4v) is 2.95. The molecular formula is C10H13KO3. The van der Waals surface area contributed by atoms with Crippen molar-refractivity contribution in [2.24, 2.45) is 16.7 Å². The molecule has 14 heavy (non-hydrogen) atoms.